The van der Waals surface area contributed by atoms with Crippen LogP contribution in [0.3, 0.4) is 0 Å². The molecule has 4 aliphatic carbocycles. The predicted molar refractivity (Wildman–Crippen MR) is 274 cm³/mol. The van der Waals surface area contributed by atoms with Crippen molar-refractivity contribution in [3.63, 3.8) is 0 Å². The Hall–Kier alpha value is -1.98. The molecule has 28 atom stereocenters. The van der Waals surface area contributed by atoms with E-state index < -0.39 is 198 Å². The van der Waals surface area contributed by atoms with Crippen LogP contribution in [0.1, 0.15) is 107 Å². The van der Waals surface area contributed by atoms with E-state index in [-0.39, 0.29) is 18.3 Å². The number of allylic oxidation sites excluding steroid dienone is 3. The van der Waals surface area contributed by atoms with Gasteiger partial charge in [0.25, 0.3) is 0 Å². The van der Waals surface area contributed by atoms with Crippen LogP contribution in [0.4, 0.5) is 0 Å². The Kier molecular flexibility index (Phi) is 18.0. The molecule has 0 aromatic carbocycles. The van der Waals surface area contributed by atoms with Crippen molar-refractivity contribution in [3.05, 3.63) is 23.3 Å². The Bertz CT molecular complexity index is 2440. The summed E-state index contributed by atoms with van der Waals surface area (Å²) in [5.41, 5.74) is -4.47. The van der Waals surface area contributed by atoms with E-state index in [1.807, 2.05) is 40.7 Å². The normalized spacial score (nSPS) is 51.5. The molecule has 1 spiro atoms. The molecule has 9 rings (SSSR count). The van der Waals surface area contributed by atoms with E-state index in [0.717, 1.165) is 11.1 Å². The number of cyclic esters (lactones) is 1. The molecular weight excluding hydrogens is 1100 g/mol. The second kappa shape index (κ2) is 22.9. The zero-order valence-electron chi connectivity index (χ0n) is 47.2. The minimum atomic E-state index is -5.19. The summed E-state index contributed by atoms with van der Waals surface area (Å²) < 4.78 is 97.8. The van der Waals surface area contributed by atoms with Gasteiger partial charge in [-0.3, -0.25) is 9.35 Å². The summed E-state index contributed by atoms with van der Waals surface area (Å²) in [4.78, 5) is 14.5. The Morgan fingerprint density at radius 3 is 1.91 bits per heavy atom. The van der Waals surface area contributed by atoms with Crippen molar-refractivity contribution in [2.75, 3.05) is 26.9 Å². The summed E-state index contributed by atoms with van der Waals surface area (Å²) >= 11 is 0. The lowest BCUT2D eigenvalue weighted by atomic mass is 9.40. The van der Waals surface area contributed by atoms with Gasteiger partial charge in [-0.1, -0.05) is 51.0 Å². The predicted octanol–water partition coefficient (Wildman–Crippen LogP) is -1.48. The van der Waals surface area contributed by atoms with Crippen LogP contribution in [0.15, 0.2) is 23.3 Å². The number of carbonyl (C=O) groups is 1. The third-order valence-electron chi connectivity index (χ3n) is 20.5. The molecule has 0 aromatic rings. The van der Waals surface area contributed by atoms with Crippen molar-refractivity contribution in [1.29, 1.82) is 0 Å². The molecule has 81 heavy (non-hydrogen) atoms. The van der Waals surface area contributed by atoms with Crippen molar-refractivity contribution in [1.82, 2.24) is 0 Å². The van der Waals surface area contributed by atoms with E-state index in [1.165, 1.54) is 14.0 Å². The SMILES string of the molecule is CO[C@@H]1[C@@H](O)[C@H](O[C@@H]2[C@@H](O)[C@H](O[C@H]3[C@H](O)[C@@H](O)[C@H](O[C@H]4[C@H](O[C@H]5CC[C@]6(C)C7=CC(O)C89C(=O)O[C@@](C)(CCC=C(C)C)[C@@]8(O)CC[C@@]9(C)C7CCC6C5(C)C)OC[C@@H](OS(=O)(=O)O)[C@@H]4O)O[C@@H]3C)O[C@H](CO)[C@H]2O)O[C@H](CO)[C@H]1O. The lowest BCUT2D eigenvalue weighted by Crippen LogP contribution is -2.68. The van der Waals surface area contributed by atoms with Gasteiger partial charge in [-0.2, -0.15) is 8.42 Å². The van der Waals surface area contributed by atoms with E-state index in [0.29, 0.717) is 44.9 Å². The maximum atomic E-state index is 14.5. The van der Waals surface area contributed by atoms with E-state index >= 15 is 0 Å². The zero-order valence-corrected chi connectivity index (χ0v) is 48.0. The quantitative estimate of drug-likeness (QED) is 0.0363. The van der Waals surface area contributed by atoms with Crippen molar-refractivity contribution < 1.29 is 125 Å². The molecule has 464 valence electrons. The van der Waals surface area contributed by atoms with Gasteiger partial charge in [0.2, 0.25) is 0 Å². The van der Waals surface area contributed by atoms with Gasteiger partial charge >= 0.3 is 16.4 Å². The topological polar surface area (TPSA) is 396 Å². The first-order valence-electron chi connectivity index (χ1n) is 28.2. The van der Waals surface area contributed by atoms with E-state index in [9.17, 15) is 73.9 Å². The summed E-state index contributed by atoms with van der Waals surface area (Å²) in [6, 6.07) is 0. The van der Waals surface area contributed by atoms with Crippen molar-refractivity contribution in [2.24, 2.45) is 33.5 Å². The number of aliphatic hydroxyl groups is 11. The number of hydrogen-bond acceptors (Lipinski definition) is 25. The molecule has 8 fully saturated rings. The van der Waals surface area contributed by atoms with Gasteiger partial charge in [-0.25, -0.2) is 4.18 Å². The average Bonchev–Trinajstić information content (AvgIpc) is 1.90. The smallest absolute Gasteiger partial charge is 0.397 e. The molecule has 0 amide bonds. The molecule has 9 aliphatic rings. The van der Waals surface area contributed by atoms with E-state index in [2.05, 4.69) is 6.92 Å². The number of rotatable bonds is 16. The van der Waals surface area contributed by atoms with Crippen molar-refractivity contribution in [3.8, 4) is 0 Å². The van der Waals surface area contributed by atoms with Gasteiger partial charge in [-0.05, 0) is 107 Å². The standard InChI is InChI=1S/C54H86O26S/c1-23(2)11-10-15-52(8)53(66)18-17-51(7)25-12-13-30-49(4,5)32(14-16-50(30,6)26(25)19-31(57)54(51,53)48(65)79-52)75-47-43(35(60)29(22-71-47)80-81(67,68)69)78-44-37(62)36(61)40(24(3)72-44)76-46-39(64)42(34(59)28(21-56)74-46)77-45-38(63)41(70-9)33(58)27(20-55)73-45/h11,19,24-25,27-47,55-64,66H,10,12-18,20-22H2,1-9H3,(H,67,68,69)/t24-,25?,27-,28-,29-,30?,31?,32+,33-,34-,35+,36-,37-,38-,39-,40-,41+,42+,43-,44+,45+,46+,47+,50-,51+,52+,53+,54?/m1/s1. The summed E-state index contributed by atoms with van der Waals surface area (Å²) in [6.07, 6.45) is -26.5. The number of esters is 1. The summed E-state index contributed by atoms with van der Waals surface area (Å²) in [5.74, 6) is -0.888. The van der Waals surface area contributed by atoms with Crippen LogP contribution in [0.25, 0.3) is 0 Å². The van der Waals surface area contributed by atoms with Gasteiger partial charge < -0.3 is 104 Å². The first-order chi connectivity index (χ1) is 37.8. The third kappa shape index (κ3) is 10.3. The fourth-order valence-electron chi connectivity index (χ4n) is 16.2. The third-order valence-corrected chi connectivity index (χ3v) is 21.0. The first kappa shape index (κ1) is 63.5. The maximum absolute atomic E-state index is 14.5. The highest BCUT2D eigenvalue weighted by Gasteiger charge is 2.85. The fourth-order valence-corrected chi connectivity index (χ4v) is 16.7. The summed E-state index contributed by atoms with van der Waals surface area (Å²) in [5, 5.41) is 124. The molecule has 5 aliphatic heterocycles. The van der Waals surface area contributed by atoms with Crippen LogP contribution >= 0.6 is 0 Å². The number of fused-ring (bicyclic) bond motifs is 4. The van der Waals surface area contributed by atoms with Crippen LogP contribution in [0.2, 0.25) is 0 Å². The minimum Gasteiger partial charge on any atom is -0.456 e. The zero-order chi connectivity index (χ0) is 59.5. The van der Waals surface area contributed by atoms with Crippen LogP contribution in [0.5, 0.6) is 0 Å². The van der Waals surface area contributed by atoms with Gasteiger partial charge in [0.15, 0.2) is 25.2 Å². The Morgan fingerprint density at radius 1 is 0.716 bits per heavy atom. The van der Waals surface area contributed by atoms with Crippen LogP contribution in [-0.4, -0.2) is 242 Å². The molecular formula is C54H86O26S. The molecule has 0 aromatic heterocycles. The van der Waals surface area contributed by atoms with Crippen LogP contribution in [0, 0.1) is 33.5 Å². The molecule has 5 saturated heterocycles. The molecule has 3 saturated carbocycles. The lowest BCUT2D eigenvalue weighted by molar-refractivity contribution is -0.389. The monoisotopic (exact) mass is 1180 g/mol. The van der Waals surface area contributed by atoms with Crippen molar-refractivity contribution in [2.45, 2.75) is 247 Å². The second-order valence-corrected chi connectivity index (χ2v) is 26.6. The lowest BCUT2D eigenvalue weighted by Gasteiger charge is -2.64. The number of carbonyl (C=O) groups excluding carboxylic acids is 1. The Labute approximate surface area is 471 Å². The van der Waals surface area contributed by atoms with Gasteiger partial charge in [0.1, 0.15) is 102 Å². The van der Waals surface area contributed by atoms with E-state index in [4.69, 9.17) is 51.6 Å². The molecule has 0 radical (unpaired) electrons. The molecule has 27 heteroatoms. The largest absolute Gasteiger partial charge is 0.456 e. The van der Waals surface area contributed by atoms with Crippen LogP contribution in [-0.2, 0) is 66.7 Å². The number of aliphatic hydroxyl groups excluding tert-OH is 10. The van der Waals surface area contributed by atoms with Crippen LogP contribution < -0.4 is 0 Å². The fraction of sp³-hybridized carbons (Fsp3) is 0.907. The minimum absolute atomic E-state index is 0.117. The Morgan fingerprint density at radius 2 is 1.31 bits per heavy atom. The van der Waals surface area contributed by atoms with Gasteiger partial charge in [0.05, 0.1) is 38.1 Å². The Balaban J connectivity index is 0.913. The highest BCUT2D eigenvalue weighted by molar-refractivity contribution is 7.80. The van der Waals surface area contributed by atoms with Gasteiger partial charge in [0, 0.05) is 7.11 Å². The number of methoxy groups -OCH3 is 1. The second-order valence-electron chi connectivity index (χ2n) is 25.5. The first-order valence-corrected chi connectivity index (χ1v) is 29.5. The number of ether oxygens (including phenoxy) is 10. The van der Waals surface area contributed by atoms with Crippen molar-refractivity contribution >= 4 is 16.4 Å². The molecule has 5 heterocycles. The van der Waals surface area contributed by atoms with Gasteiger partial charge in [-0.15, -0.1) is 0 Å². The average molecular weight is 1180 g/mol. The highest BCUT2D eigenvalue weighted by atomic mass is 32.3. The maximum Gasteiger partial charge on any atom is 0.397 e. The molecule has 4 unspecified atom stereocenters. The molecule has 26 nitrogen and oxygen atoms in total. The summed E-state index contributed by atoms with van der Waals surface area (Å²) in [7, 11) is -4.01. The molecule has 0 bridgehead atoms. The van der Waals surface area contributed by atoms with E-state index in [1.54, 1.807) is 13.0 Å². The highest BCUT2D eigenvalue weighted by Crippen LogP contribution is 2.77. The summed E-state index contributed by atoms with van der Waals surface area (Å²) in [6.45, 7) is 13.1. The number of hydrogen-bond donors (Lipinski definition) is 12. The molecule has 12 N–H and O–H groups in total.